The topological polar surface area (TPSA) is 21.3 Å². The fourth-order valence-electron chi connectivity index (χ4n) is 2.95. The van der Waals surface area contributed by atoms with E-state index >= 15 is 0 Å². The first-order valence-electron chi connectivity index (χ1n) is 7.45. The van der Waals surface area contributed by atoms with Gasteiger partial charge >= 0.3 is 0 Å². The van der Waals surface area contributed by atoms with E-state index in [0.29, 0.717) is 0 Å². The molecule has 0 saturated carbocycles. The van der Waals surface area contributed by atoms with Gasteiger partial charge in [-0.3, -0.25) is 0 Å². The monoisotopic (exact) mass is 393 g/mol. The molecule has 2 aromatic rings. The number of hydrogen-bond acceptors (Lipinski definition) is 2. The Morgan fingerprint density at radius 2 is 1.95 bits per heavy atom. The van der Waals surface area contributed by atoms with Gasteiger partial charge < -0.3 is 10.1 Å². The number of ether oxygens (including phenoxy) is 1. The van der Waals surface area contributed by atoms with E-state index in [4.69, 9.17) is 4.74 Å². The van der Waals surface area contributed by atoms with E-state index in [0.717, 1.165) is 25.3 Å². The minimum atomic E-state index is 0.190. The van der Waals surface area contributed by atoms with Crippen LogP contribution in [0.3, 0.4) is 0 Å². The molecule has 21 heavy (non-hydrogen) atoms. The van der Waals surface area contributed by atoms with Crippen molar-refractivity contribution in [2.75, 3.05) is 13.2 Å². The van der Waals surface area contributed by atoms with Crippen molar-refractivity contribution in [2.45, 2.75) is 26.3 Å². The summed E-state index contributed by atoms with van der Waals surface area (Å²) in [5.74, 6) is 1.08. The molecule has 0 aromatic heterocycles. The average molecular weight is 393 g/mol. The zero-order valence-corrected chi connectivity index (χ0v) is 14.6. The van der Waals surface area contributed by atoms with Gasteiger partial charge in [-0.25, -0.2) is 0 Å². The molecule has 110 valence electrons. The molecule has 0 radical (unpaired) electrons. The van der Waals surface area contributed by atoms with Crippen LogP contribution < -0.4 is 10.1 Å². The fraction of sp³-hybridized carbons (Fsp3) is 0.333. The van der Waals surface area contributed by atoms with Crippen molar-refractivity contribution >= 4 is 22.6 Å². The molecule has 0 aliphatic carbocycles. The van der Waals surface area contributed by atoms with Gasteiger partial charge in [0.1, 0.15) is 5.75 Å². The SMILES string of the molecule is CCNC(c1cccc(C)c1I)c1cccc2c1OCC2. The Balaban J connectivity index is 2.11. The number of para-hydroxylation sites is 1. The third-order valence-electron chi connectivity index (χ3n) is 4.00. The number of aryl methyl sites for hydroxylation is 1. The summed E-state index contributed by atoms with van der Waals surface area (Å²) in [7, 11) is 0. The second-order valence-corrected chi connectivity index (χ2v) is 6.48. The van der Waals surface area contributed by atoms with Gasteiger partial charge in [0, 0.05) is 15.6 Å². The predicted octanol–water partition coefficient (Wildman–Crippen LogP) is 4.23. The molecule has 0 spiro atoms. The van der Waals surface area contributed by atoms with Crippen LogP contribution in [0.1, 0.15) is 35.2 Å². The molecule has 0 fully saturated rings. The number of rotatable bonds is 4. The summed E-state index contributed by atoms with van der Waals surface area (Å²) in [6.07, 6.45) is 1.02. The van der Waals surface area contributed by atoms with Crippen molar-refractivity contribution in [2.24, 2.45) is 0 Å². The van der Waals surface area contributed by atoms with E-state index in [9.17, 15) is 0 Å². The Hall–Kier alpha value is -1.07. The number of halogens is 1. The van der Waals surface area contributed by atoms with E-state index in [1.807, 2.05) is 0 Å². The predicted molar refractivity (Wildman–Crippen MR) is 95.1 cm³/mol. The number of benzene rings is 2. The van der Waals surface area contributed by atoms with E-state index < -0.39 is 0 Å². The summed E-state index contributed by atoms with van der Waals surface area (Å²) < 4.78 is 7.24. The van der Waals surface area contributed by atoms with Crippen LogP contribution in [0.2, 0.25) is 0 Å². The second kappa shape index (κ2) is 6.36. The number of nitrogens with one attached hydrogen (secondary N) is 1. The van der Waals surface area contributed by atoms with E-state index in [2.05, 4.69) is 78.2 Å². The van der Waals surface area contributed by atoms with Crippen molar-refractivity contribution in [1.29, 1.82) is 0 Å². The molecule has 3 heteroatoms. The molecule has 2 aromatic carbocycles. The summed E-state index contributed by atoms with van der Waals surface area (Å²) in [5.41, 5.74) is 5.25. The van der Waals surface area contributed by atoms with Gasteiger partial charge in [0.2, 0.25) is 0 Å². The summed E-state index contributed by atoms with van der Waals surface area (Å²) in [6, 6.07) is 13.2. The molecule has 1 atom stereocenters. The Morgan fingerprint density at radius 3 is 2.76 bits per heavy atom. The molecule has 3 rings (SSSR count). The van der Waals surface area contributed by atoms with E-state index in [-0.39, 0.29) is 6.04 Å². The Bertz CT molecular complexity index is 654. The zero-order valence-electron chi connectivity index (χ0n) is 12.4. The van der Waals surface area contributed by atoms with Gasteiger partial charge in [0.05, 0.1) is 12.6 Å². The molecule has 1 heterocycles. The van der Waals surface area contributed by atoms with E-state index in [1.165, 1.54) is 25.8 Å². The molecule has 1 aliphatic heterocycles. The lowest BCUT2D eigenvalue weighted by Gasteiger charge is -2.23. The van der Waals surface area contributed by atoms with Crippen LogP contribution in [-0.2, 0) is 6.42 Å². The summed E-state index contributed by atoms with van der Waals surface area (Å²) in [5, 5.41) is 3.63. The minimum Gasteiger partial charge on any atom is -0.493 e. The maximum absolute atomic E-state index is 5.91. The summed E-state index contributed by atoms with van der Waals surface area (Å²) in [6.45, 7) is 6.05. The van der Waals surface area contributed by atoms with Crippen LogP contribution in [0.5, 0.6) is 5.75 Å². The summed E-state index contributed by atoms with van der Waals surface area (Å²) in [4.78, 5) is 0. The van der Waals surface area contributed by atoms with Crippen molar-refractivity contribution in [1.82, 2.24) is 5.32 Å². The van der Waals surface area contributed by atoms with Crippen LogP contribution >= 0.6 is 22.6 Å². The minimum absolute atomic E-state index is 0.190. The van der Waals surface area contributed by atoms with Crippen molar-refractivity contribution in [3.05, 3.63) is 62.2 Å². The lowest BCUT2D eigenvalue weighted by Crippen LogP contribution is -2.23. The zero-order chi connectivity index (χ0) is 14.8. The molecule has 0 saturated heterocycles. The maximum Gasteiger partial charge on any atom is 0.127 e. The quantitative estimate of drug-likeness (QED) is 0.785. The third kappa shape index (κ3) is 2.81. The first-order chi connectivity index (χ1) is 10.2. The Labute approximate surface area is 140 Å². The van der Waals surface area contributed by atoms with Gasteiger partial charge in [0.15, 0.2) is 0 Å². The van der Waals surface area contributed by atoms with Gasteiger partial charge in [0.25, 0.3) is 0 Å². The highest BCUT2D eigenvalue weighted by molar-refractivity contribution is 14.1. The molecular weight excluding hydrogens is 373 g/mol. The van der Waals surface area contributed by atoms with Gasteiger partial charge in [-0.2, -0.15) is 0 Å². The normalized spacial score (nSPS) is 14.6. The number of hydrogen-bond donors (Lipinski definition) is 1. The smallest absolute Gasteiger partial charge is 0.127 e. The van der Waals surface area contributed by atoms with Crippen LogP contribution in [0, 0.1) is 10.5 Å². The molecular formula is C18H20INO. The van der Waals surface area contributed by atoms with E-state index in [1.54, 1.807) is 0 Å². The number of fused-ring (bicyclic) bond motifs is 1. The summed E-state index contributed by atoms with van der Waals surface area (Å²) >= 11 is 2.45. The Morgan fingerprint density at radius 1 is 1.19 bits per heavy atom. The van der Waals surface area contributed by atoms with Crippen LogP contribution in [0.15, 0.2) is 36.4 Å². The highest BCUT2D eigenvalue weighted by atomic mass is 127. The first kappa shape index (κ1) is 14.9. The lowest BCUT2D eigenvalue weighted by molar-refractivity contribution is 0.350. The molecule has 1 aliphatic rings. The maximum atomic E-state index is 5.91. The van der Waals surface area contributed by atoms with Crippen molar-refractivity contribution in [3.63, 3.8) is 0 Å². The first-order valence-corrected chi connectivity index (χ1v) is 8.53. The second-order valence-electron chi connectivity index (χ2n) is 5.40. The van der Waals surface area contributed by atoms with Crippen molar-refractivity contribution in [3.8, 4) is 5.75 Å². The van der Waals surface area contributed by atoms with Gasteiger partial charge in [-0.05, 0) is 52.7 Å². The highest BCUT2D eigenvalue weighted by Crippen LogP contribution is 2.37. The third-order valence-corrected chi connectivity index (χ3v) is 5.47. The van der Waals surface area contributed by atoms with Crippen LogP contribution in [-0.4, -0.2) is 13.2 Å². The standard InChI is InChI=1S/C18H20INO/c1-3-20-17(14-8-4-6-12(2)16(14)19)15-9-5-7-13-10-11-21-18(13)15/h4-9,17,20H,3,10-11H2,1-2H3. The van der Waals surface area contributed by atoms with Crippen LogP contribution in [0.4, 0.5) is 0 Å². The Kier molecular flexibility index (Phi) is 4.50. The fourth-order valence-corrected chi connectivity index (χ4v) is 3.62. The van der Waals surface area contributed by atoms with Crippen molar-refractivity contribution < 1.29 is 4.74 Å². The molecule has 2 nitrogen and oxygen atoms in total. The molecule has 0 bridgehead atoms. The highest BCUT2D eigenvalue weighted by Gasteiger charge is 2.24. The van der Waals surface area contributed by atoms with Gasteiger partial charge in [-0.15, -0.1) is 0 Å². The largest absolute Gasteiger partial charge is 0.493 e. The molecule has 0 amide bonds. The van der Waals surface area contributed by atoms with Crippen LogP contribution in [0.25, 0.3) is 0 Å². The average Bonchev–Trinajstić information content (AvgIpc) is 2.97. The molecule has 1 N–H and O–H groups in total. The van der Waals surface area contributed by atoms with Gasteiger partial charge in [-0.1, -0.05) is 43.3 Å². The lowest BCUT2D eigenvalue weighted by atomic mass is 9.95. The molecule has 1 unspecified atom stereocenters.